The number of nitrogens with one attached hydrogen (secondary N) is 1. The summed E-state index contributed by atoms with van der Waals surface area (Å²) in [7, 11) is -3.04. The van der Waals surface area contributed by atoms with Crippen molar-refractivity contribution in [2.75, 3.05) is 90.3 Å². The Labute approximate surface area is 344 Å². The van der Waals surface area contributed by atoms with Crippen molar-refractivity contribution < 1.29 is 52.3 Å². The van der Waals surface area contributed by atoms with Crippen molar-refractivity contribution in [2.24, 2.45) is 5.73 Å². The number of unbranched alkanes of at least 4 members (excludes halogenated alkanes) is 16. The molecular weight excluding hydrogens is 759 g/mol. The minimum absolute atomic E-state index is 0.00577. The zero-order valence-electron chi connectivity index (χ0n) is 35.5. The number of carbonyl (C=O) groups is 3. The van der Waals surface area contributed by atoms with Crippen LogP contribution >= 0.6 is 19.1 Å². The number of hydrogen-bond donors (Lipinski definition) is 3. The predicted molar refractivity (Wildman–Crippen MR) is 227 cm³/mol. The van der Waals surface area contributed by atoms with E-state index in [9.17, 15) is 23.8 Å². The fourth-order valence-corrected chi connectivity index (χ4v) is 6.99. The van der Waals surface area contributed by atoms with E-state index in [1.165, 1.54) is 95.5 Å². The number of thioether (sulfide) groups is 1. The van der Waals surface area contributed by atoms with Crippen molar-refractivity contribution in [2.45, 2.75) is 154 Å². The van der Waals surface area contributed by atoms with E-state index >= 15 is 0 Å². The number of ether oxygens (including phenoxy) is 6. The molecule has 0 aliphatic heterocycles. The maximum absolute atomic E-state index is 12.7. The van der Waals surface area contributed by atoms with E-state index < -0.39 is 19.5 Å². The lowest BCUT2D eigenvalue weighted by Crippen LogP contribution is -2.43. The molecule has 0 heterocycles. The topological polar surface area (TPSA) is 182 Å². The summed E-state index contributed by atoms with van der Waals surface area (Å²) in [5, 5.41) is 2.78. The number of hydrogen-bond acceptors (Lipinski definition) is 12. The number of nitrogens with two attached hydrogens (primary N) is 1. The zero-order valence-corrected chi connectivity index (χ0v) is 37.2. The molecule has 4 N–H and O–H groups in total. The molecule has 0 bridgehead atoms. The quantitative estimate of drug-likeness (QED) is 0.0314. The molecule has 3 atom stereocenters. The minimum Gasteiger partial charge on any atom is -0.462 e. The first-order valence-electron chi connectivity index (χ1n) is 21.6. The molecule has 0 radical (unpaired) electrons. The fourth-order valence-electron chi connectivity index (χ4n) is 5.55. The highest BCUT2D eigenvalue weighted by Crippen LogP contribution is 2.34. The third kappa shape index (κ3) is 40.9. The maximum Gasteiger partial charge on any atom is 0.306 e. The Balaban J connectivity index is 4.30. The van der Waals surface area contributed by atoms with E-state index in [1.807, 2.05) is 0 Å². The molecule has 0 aliphatic rings. The largest absolute Gasteiger partial charge is 0.462 e. The van der Waals surface area contributed by atoms with Gasteiger partial charge in [0.25, 0.3) is 0 Å². The SMILES string of the molecule is CCCCCCCCCCCC(=O)OC[C@H](CSC[C@H](N)C(=O)NCCOCCOCCOCCOCCP(C)(=O)O)OC(=O)CCCCCCCCCCC. The highest BCUT2D eigenvalue weighted by molar-refractivity contribution is 7.99. The molecule has 0 fully saturated rings. The van der Waals surface area contributed by atoms with Crippen LogP contribution in [0.25, 0.3) is 0 Å². The molecule has 0 saturated heterocycles. The van der Waals surface area contributed by atoms with Crippen molar-refractivity contribution in [3.8, 4) is 0 Å². The van der Waals surface area contributed by atoms with Crippen LogP contribution < -0.4 is 11.1 Å². The van der Waals surface area contributed by atoms with Gasteiger partial charge < -0.3 is 44.4 Å². The average Bonchev–Trinajstić information content (AvgIpc) is 3.16. The summed E-state index contributed by atoms with van der Waals surface area (Å²) >= 11 is 1.39. The lowest BCUT2D eigenvalue weighted by molar-refractivity contribution is -0.157. The molecular formula is C41H81N2O11PS. The Morgan fingerprint density at radius 2 is 1.05 bits per heavy atom. The van der Waals surface area contributed by atoms with Gasteiger partial charge in [-0.05, 0) is 12.8 Å². The van der Waals surface area contributed by atoms with E-state index in [2.05, 4.69) is 19.2 Å². The minimum atomic E-state index is -3.04. The molecule has 0 rings (SSSR count). The molecule has 0 aromatic carbocycles. The second kappa shape index (κ2) is 40.5. The van der Waals surface area contributed by atoms with E-state index in [-0.39, 0.29) is 37.2 Å². The Hall–Kier alpha value is -1.25. The number of rotatable bonds is 43. The maximum atomic E-state index is 12.7. The van der Waals surface area contributed by atoms with E-state index in [4.69, 9.17) is 34.2 Å². The van der Waals surface area contributed by atoms with Gasteiger partial charge in [-0.25, -0.2) is 0 Å². The van der Waals surface area contributed by atoms with Crippen LogP contribution in [0.5, 0.6) is 0 Å². The molecule has 1 unspecified atom stereocenters. The number of carbonyl (C=O) groups excluding carboxylic acids is 3. The Bertz CT molecular complexity index is 976. The summed E-state index contributed by atoms with van der Waals surface area (Å²) in [6.07, 6.45) is 21.2. The molecule has 13 nitrogen and oxygen atoms in total. The molecule has 0 spiro atoms. The molecule has 15 heteroatoms. The third-order valence-electron chi connectivity index (χ3n) is 8.95. The van der Waals surface area contributed by atoms with Crippen molar-refractivity contribution >= 4 is 37.0 Å². The van der Waals surface area contributed by atoms with Crippen LogP contribution in [0.4, 0.5) is 0 Å². The van der Waals surface area contributed by atoms with Crippen molar-refractivity contribution in [3.05, 3.63) is 0 Å². The first-order valence-corrected chi connectivity index (χ1v) is 25.1. The standard InChI is InChI=1S/C41H81N2O11PS/c1-4-6-8-10-12-14-16-18-20-22-39(44)53-34-37(54-40(45)23-21-19-17-15-13-11-9-7-5-2)35-56-36-38(42)41(46)43-24-25-49-26-27-50-28-29-51-30-31-52-32-33-55(3,47)48/h37-38H,4-36,42H2,1-3H3,(H,43,46)(H,47,48)/t37-,38+/m1/s1. The van der Waals surface area contributed by atoms with Gasteiger partial charge in [0.15, 0.2) is 7.37 Å². The van der Waals surface area contributed by atoms with E-state index in [0.29, 0.717) is 77.1 Å². The van der Waals surface area contributed by atoms with Crippen LogP contribution in [0, 0.1) is 0 Å². The molecule has 0 saturated carbocycles. The van der Waals surface area contributed by atoms with Crippen LogP contribution in [0.15, 0.2) is 0 Å². The van der Waals surface area contributed by atoms with Gasteiger partial charge >= 0.3 is 11.9 Å². The first-order chi connectivity index (χ1) is 27.1. The fraction of sp³-hybridized carbons (Fsp3) is 0.927. The van der Waals surface area contributed by atoms with Crippen molar-refractivity contribution in [1.82, 2.24) is 5.32 Å². The predicted octanol–water partition coefficient (Wildman–Crippen LogP) is 7.43. The lowest BCUT2D eigenvalue weighted by atomic mass is 10.1. The third-order valence-corrected chi connectivity index (χ3v) is 11.2. The average molecular weight is 841 g/mol. The van der Waals surface area contributed by atoms with Crippen molar-refractivity contribution in [1.29, 1.82) is 0 Å². The Morgan fingerprint density at radius 1 is 0.625 bits per heavy atom. The first kappa shape index (κ1) is 54.8. The summed E-state index contributed by atoms with van der Waals surface area (Å²) in [5.74, 6) is -0.184. The Kier molecular flexibility index (Phi) is 39.6. The van der Waals surface area contributed by atoms with Crippen LogP contribution in [0.3, 0.4) is 0 Å². The van der Waals surface area contributed by atoms with E-state index in [0.717, 1.165) is 38.5 Å². The van der Waals surface area contributed by atoms with Crippen LogP contribution in [0.1, 0.15) is 142 Å². The van der Waals surface area contributed by atoms with Crippen molar-refractivity contribution in [3.63, 3.8) is 0 Å². The second-order valence-corrected chi connectivity index (χ2v) is 18.2. The summed E-state index contributed by atoms with van der Waals surface area (Å²) in [5.41, 5.74) is 6.13. The second-order valence-electron chi connectivity index (χ2n) is 14.6. The van der Waals surface area contributed by atoms with Gasteiger partial charge in [0.2, 0.25) is 5.91 Å². The lowest BCUT2D eigenvalue weighted by Gasteiger charge is -2.19. The molecule has 0 aromatic heterocycles. The number of amides is 1. The molecule has 1 amide bonds. The molecule has 0 aromatic rings. The molecule has 0 aliphatic carbocycles. The van der Waals surface area contributed by atoms with Gasteiger partial charge in [-0.1, -0.05) is 117 Å². The summed E-state index contributed by atoms with van der Waals surface area (Å²) in [4.78, 5) is 46.9. The molecule has 56 heavy (non-hydrogen) atoms. The van der Waals surface area contributed by atoms with Crippen LogP contribution in [-0.4, -0.2) is 125 Å². The van der Waals surface area contributed by atoms with Gasteiger partial charge in [0, 0.05) is 43.7 Å². The van der Waals surface area contributed by atoms with Gasteiger partial charge in [-0.3, -0.25) is 18.9 Å². The highest BCUT2D eigenvalue weighted by Gasteiger charge is 2.20. The summed E-state index contributed by atoms with van der Waals surface area (Å²) in [6, 6.07) is -0.760. The van der Waals surface area contributed by atoms with Gasteiger partial charge in [0.05, 0.1) is 58.9 Å². The zero-order chi connectivity index (χ0) is 41.4. The molecule has 332 valence electrons. The van der Waals surface area contributed by atoms with Gasteiger partial charge in [0.1, 0.15) is 12.7 Å². The van der Waals surface area contributed by atoms with Gasteiger partial charge in [-0.2, -0.15) is 11.8 Å². The van der Waals surface area contributed by atoms with Gasteiger partial charge in [-0.15, -0.1) is 0 Å². The summed E-state index contributed by atoms with van der Waals surface area (Å²) < 4.78 is 44.0. The highest BCUT2D eigenvalue weighted by atomic mass is 32.2. The number of esters is 2. The van der Waals surface area contributed by atoms with Crippen LogP contribution in [-0.2, 0) is 47.4 Å². The normalized spacial score (nSPS) is 13.6. The van der Waals surface area contributed by atoms with E-state index in [1.54, 1.807) is 0 Å². The monoisotopic (exact) mass is 841 g/mol. The smallest absolute Gasteiger partial charge is 0.306 e. The summed E-state index contributed by atoms with van der Waals surface area (Å²) in [6.45, 7) is 8.85. The Morgan fingerprint density at radius 3 is 1.54 bits per heavy atom. The van der Waals surface area contributed by atoms with Crippen LogP contribution in [0.2, 0.25) is 0 Å².